The van der Waals surface area contributed by atoms with Crippen LogP contribution >= 0.6 is 11.8 Å². The van der Waals surface area contributed by atoms with Gasteiger partial charge in [0, 0.05) is 31.1 Å². The molecular weight excluding hydrogens is 218 g/mol. The Hall–Kier alpha value is -0.740. The van der Waals surface area contributed by atoms with Crippen molar-refractivity contribution < 1.29 is 0 Å². The maximum Gasteiger partial charge on any atom is 0.128 e. The van der Waals surface area contributed by atoms with Crippen molar-refractivity contribution in [1.29, 1.82) is 0 Å². The first-order chi connectivity index (χ1) is 7.77. The lowest BCUT2D eigenvalue weighted by Gasteiger charge is -2.21. The molecule has 4 heteroatoms. The van der Waals surface area contributed by atoms with Gasteiger partial charge >= 0.3 is 0 Å². The van der Waals surface area contributed by atoms with E-state index in [2.05, 4.69) is 16.0 Å². The fourth-order valence-electron chi connectivity index (χ4n) is 1.87. The Balaban J connectivity index is 2.15. The molecule has 3 nitrogen and oxygen atoms in total. The summed E-state index contributed by atoms with van der Waals surface area (Å²) in [6, 6.07) is 4.21. The van der Waals surface area contributed by atoms with Gasteiger partial charge < -0.3 is 10.6 Å². The van der Waals surface area contributed by atoms with E-state index in [0.717, 1.165) is 18.9 Å². The van der Waals surface area contributed by atoms with E-state index in [-0.39, 0.29) is 6.04 Å². The molecule has 1 aromatic rings. The average Bonchev–Trinajstić information content (AvgIpc) is 2.57. The van der Waals surface area contributed by atoms with Crippen molar-refractivity contribution in [3.8, 4) is 0 Å². The first-order valence-electron chi connectivity index (χ1n) is 5.81. The van der Waals surface area contributed by atoms with Crippen LogP contribution in [0.3, 0.4) is 0 Å². The molecule has 0 spiro atoms. The van der Waals surface area contributed by atoms with Crippen LogP contribution < -0.4 is 10.6 Å². The van der Waals surface area contributed by atoms with Crippen molar-refractivity contribution in [3.05, 3.63) is 23.9 Å². The van der Waals surface area contributed by atoms with Gasteiger partial charge in [0.2, 0.25) is 0 Å². The molecule has 0 amide bonds. The predicted octanol–water partition coefficient (Wildman–Crippen LogP) is 2.04. The molecule has 0 bridgehead atoms. The van der Waals surface area contributed by atoms with Crippen LogP contribution in [0.2, 0.25) is 0 Å². The van der Waals surface area contributed by atoms with Gasteiger partial charge in [0.15, 0.2) is 0 Å². The van der Waals surface area contributed by atoms with Crippen molar-refractivity contribution >= 4 is 17.6 Å². The number of nitrogens with two attached hydrogens (primary N) is 1. The lowest BCUT2D eigenvalue weighted by molar-refractivity contribution is 0.785. The fraction of sp³-hybridized carbons (Fsp3) is 0.583. The number of anilines is 1. The van der Waals surface area contributed by atoms with Gasteiger partial charge in [0.25, 0.3) is 0 Å². The molecule has 88 valence electrons. The van der Waals surface area contributed by atoms with E-state index in [4.69, 9.17) is 5.73 Å². The van der Waals surface area contributed by atoms with Gasteiger partial charge in [-0.1, -0.05) is 0 Å². The Morgan fingerprint density at radius 1 is 1.44 bits per heavy atom. The highest BCUT2D eigenvalue weighted by molar-refractivity contribution is 7.99. The van der Waals surface area contributed by atoms with Crippen LogP contribution in [0.25, 0.3) is 0 Å². The predicted molar refractivity (Wildman–Crippen MR) is 71.0 cm³/mol. The van der Waals surface area contributed by atoms with Crippen molar-refractivity contribution in [2.75, 3.05) is 29.5 Å². The zero-order valence-electron chi connectivity index (χ0n) is 9.72. The summed E-state index contributed by atoms with van der Waals surface area (Å²) in [4.78, 5) is 6.82. The van der Waals surface area contributed by atoms with Crippen LogP contribution in [0.5, 0.6) is 0 Å². The summed E-state index contributed by atoms with van der Waals surface area (Å²) in [6.07, 6.45) is 3.11. The third-order valence-electron chi connectivity index (χ3n) is 2.84. The van der Waals surface area contributed by atoms with Crippen LogP contribution in [0.1, 0.15) is 24.9 Å². The first-order valence-corrected chi connectivity index (χ1v) is 6.97. The number of rotatable bonds is 2. The molecule has 1 saturated heterocycles. The second-order valence-corrected chi connectivity index (χ2v) is 5.41. The number of pyridine rings is 1. The van der Waals surface area contributed by atoms with E-state index in [0.29, 0.717) is 0 Å². The first kappa shape index (κ1) is 11.7. The fourth-order valence-corrected chi connectivity index (χ4v) is 2.75. The molecule has 0 aromatic carbocycles. The molecule has 0 radical (unpaired) electrons. The molecule has 1 aromatic heterocycles. The number of hydrogen-bond donors (Lipinski definition) is 1. The van der Waals surface area contributed by atoms with Gasteiger partial charge in [0.05, 0.1) is 0 Å². The normalized spacial score (nSPS) is 19.2. The van der Waals surface area contributed by atoms with E-state index >= 15 is 0 Å². The molecule has 2 N–H and O–H groups in total. The molecular formula is C12H19N3S. The SMILES string of the molecule is CC(N)c1ccnc(N2CCCSCC2)c1. The monoisotopic (exact) mass is 237 g/mol. The van der Waals surface area contributed by atoms with Crippen LogP contribution in [-0.4, -0.2) is 29.6 Å². The number of hydrogen-bond acceptors (Lipinski definition) is 4. The van der Waals surface area contributed by atoms with Crippen LogP contribution in [0.4, 0.5) is 5.82 Å². The van der Waals surface area contributed by atoms with Crippen molar-refractivity contribution in [2.24, 2.45) is 5.73 Å². The van der Waals surface area contributed by atoms with Gasteiger partial charge in [-0.3, -0.25) is 0 Å². The number of aromatic nitrogens is 1. The summed E-state index contributed by atoms with van der Waals surface area (Å²) in [7, 11) is 0. The number of nitrogens with zero attached hydrogens (tertiary/aromatic N) is 2. The standard InChI is InChI=1S/C12H19N3S/c1-10(13)11-3-4-14-12(9-11)15-5-2-7-16-8-6-15/h3-4,9-10H,2,5-8,13H2,1H3. The molecule has 1 unspecified atom stereocenters. The van der Waals surface area contributed by atoms with Crippen LogP contribution in [0.15, 0.2) is 18.3 Å². The van der Waals surface area contributed by atoms with Gasteiger partial charge in [-0.05, 0) is 36.8 Å². The summed E-state index contributed by atoms with van der Waals surface area (Å²) in [6.45, 7) is 4.22. The minimum Gasteiger partial charge on any atom is -0.356 e. The van der Waals surface area contributed by atoms with Crippen molar-refractivity contribution in [1.82, 2.24) is 4.98 Å². The Labute approximate surface area is 101 Å². The zero-order chi connectivity index (χ0) is 11.4. The minimum atomic E-state index is 0.0862. The Morgan fingerprint density at radius 3 is 3.12 bits per heavy atom. The largest absolute Gasteiger partial charge is 0.356 e. The van der Waals surface area contributed by atoms with Crippen molar-refractivity contribution in [2.45, 2.75) is 19.4 Å². The van der Waals surface area contributed by atoms with Gasteiger partial charge in [-0.25, -0.2) is 4.98 Å². The highest BCUT2D eigenvalue weighted by Crippen LogP contribution is 2.19. The quantitative estimate of drug-likeness (QED) is 0.855. The smallest absolute Gasteiger partial charge is 0.128 e. The van der Waals surface area contributed by atoms with E-state index in [1.807, 2.05) is 30.9 Å². The van der Waals surface area contributed by atoms with Crippen LogP contribution in [0, 0.1) is 0 Å². The van der Waals surface area contributed by atoms with Crippen molar-refractivity contribution in [3.63, 3.8) is 0 Å². The Kier molecular flexibility index (Phi) is 4.07. The van der Waals surface area contributed by atoms with E-state index in [1.165, 1.54) is 23.5 Å². The molecule has 0 aliphatic carbocycles. The Bertz CT molecular complexity index is 333. The van der Waals surface area contributed by atoms with E-state index in [9.17, 15) is 0 Å². The lowest BCUT2D eigenvalue weighted by atomic mass is 10.1. The summed E-state index contributed by atoms with van der Waals surface area (Å²) in [5, 5.41) is 0. The van der Waals surface area contributed by atoms with Gasteiger partial charge in [0.1, 0.15) is 5.82 Å². The summed E-state index contributed by atoms with van der Waals surface area (Å²) < 4.78 is 0. The average molecular weight is 237 g/mol. The molecule has 1 aliphatic rings. The molecule has 1 atom stereocenters. The summed E-state index contributed by atoms with van der Waals surface area (Å²) in [5.41, 5.74) is 7.06. The van der Waals surface area contributed by atoms with E-state index < -0.39 is 0 Å². The molecule has 2 heterocycles. The molecule has 2 rings (SSSR count). The number of thioether (sulfide) groups is 1. The van der Waals surface area contributed by atoms with E-state index in [1.54, 1.807) is 0 Å². The van der Waals surface area contributed by atoms with Gasteiger partial charge in [-0.15, -0.1) is 0 Å². The minimum absolute atomic E-state index is 0.0862. The molecule has 1 fully saturated rings. The molecule has 16 heavy (non-hydrogen) atoms. The Morgan fingerprint density at radius 2 is 2.31 bits per heavy atom. The second-order valence-electron chi connectivity index (χ2n) is 4.19. The summed E-state index contributed by atoms with van der Waals surface area (Å²) in [5.74, 6) is 3.55. The van der Waals surface area contributed by atoms with Gasteiger partial charge in [-0.2, -0.15) is 11.8 Å². The maximum absolute atomic E-state index is 5.89. The molecule has 0 saturated carbocycles. The maximum atomic E-state index is 5.89. The second kappa shape index (κ2) is 5.55. The third kappa shape index (κ3) is 2.89. The third-order valence-corrected chi connectivity index (χ3v) is 3.89. The topological polar surface area (TPSA) is 42.1 Å². The van der Waals surface area contributed by atoms with Crippen LogP contribution in [-0.2, 0) is 0 Å². The summed E-state index contributed by atoms with van der Waals surface area (Å²) >= 11 is 2.03. The zero-order valence-corrected chi connectivity index (χ0v) is 10.5. The highest BCUT2D eigenvalue weighted by Gasteiger charge is 2.12. The lowest BCUT2D eigenvalue weighted by Crippen LogP contribution is -2.26. The highest BCUT2D eigenvalue weighted by atomic mass is 32.2. The molecule has 1 aliphatic heterocycles.